The molecule has 0 aliphatic rings. The van der Waals surface area contributed by atoms with Crippen molar-refractivity contribution < 1.29 is 22.3 Å². The molecule has 0 saturated carbocycles. The monoisotopic (exact) mass is 613 g/mol. The maximum atomic E-state index is 13.9. The van der Waals surface area contributed by atoms with Crippen molar-refractivity contribution in [1.82, 2.24) is 18.7 Å². The normalized spacial score (nSPS) is 11.5. The number of thioether (sulfide) groups is 1. The van der Waals surface area contributed by atoms with Crippen LogP contribution in [0, 0.1) is 5.82 Å². The van der Waals surface area contributed by atoms with Crippen molar-refractivity contribution in [1.29, 1.82) is 0 Å². The van der Waals surface area contributed by atoms with Gasteiger partial charge in [0.25, 0.3) is 10.0 Å². The minimum absolute atomic E-state index is 0.00943. The Hall–Kier alpha value is -4.94. The van der Waals surface area contributed by atoms with E-state index in [2.05, 4.69) is 15.5 Å². The number of carbonyl (C=O) groups excluding carboxylic acids is 1. The van der Waals surface area contributed by atoms with E-state index in [1.165, 1.54) is 34.4 Å². The molecule has 0 aliphatic carbocycles. The number of nitrogens with zero attached hydrogens (tertiary/aromatic N) is 4. The molecular weight excluding hydrogens is 590 g/mol. The molecule has 2 aromatic heterocycles. The summed E-state index contributed by atoms with van der Waals surface area (Å²) in [6, 6.07) is 28.0. The highest BCUT2D eigenvalue weighted by Gasteiger charge is 2.25. The first-order valence-corrected chi connectivity index (χ1v) is 15.5. The predicted molar refractivity (Wildman–Crippen MR) is 164 cm³/mol. The highest BCUT2D eigenvalue weighted by molar-refractivity contribution is 7.99. The van der Waals surface area contributed by atoms with Gasteiger partial charge in [-0.1, -0.05) is 48.2 Å². The van der Waals surface area contributed by atoms with Gasteiger partial charge < -0.3 is 10.1 Å². The number of fused-ring (bicyclic) bond motifs is 1. The van der Waals surface area contributed by atoms with Crippen LogP contribution in [-0.2, 0) is 14.8 Å². The van der Waals surface area contributed by atoms with Crippen LogP contribution in [0.1, 0.15) is 0 Å². The molecule has 4 aromatic carbocycles. The number of anilines is 1. The van der Waals surface area contributed by atoms with Crippen LogP contribution in [0.4, 0.5) is 10.1 Å². The number of rotatable bonds is 9. The van der Waals surface area contributed by atoms with Crippen molar-refractivity contribution in [2.75, 3.05) is 18.2 Å². The van der Waals surface area contributed by atoms with E-state index < -0.39 is 15.8 Å². The van der Waals surface area contributed by atoms with Crippen LogP contribution < -0.4 is 10.1 Å². The van der Waals surface area contributed by atoms with Crippen LogP contribution in [0.25, 0.3) is 28.0 Å². The molecule has 2 heterocycles. The van der Waals surface area contributed by atoms with E-state index in [4.69, 9.17) is 4.74 Å². The number of hydrogen-bond acceptors (Lipinski definition) is 7. The molecule has 6 rings (SSSR count). The first-order valence-electron chi connectivity index (χ1n) is 13.0. The third-order valence-corrected chi connectivity index (χ3v) is 9.26. The standard InChI is InChI=1S/C31H24FN5O4S2/c1-41-24-17-13-22(14-18-24)33-29(38)20-42-31-35-34-30(37(31)23-15-11-21(32)12-16-23)27-19-36(28-10-6-5-9-26(27)28)43(39,40)25-7-3-2-4-8-25/h2-19H,20H2,1H3,(H,33,38). The molecule has 0 spiro atoms. The van der Waals surface area contributed by atoms with Crippen LogP contribution in [0.3, 0.4) is 0 Å². The number of para-hydroxylation sites is 1. The first-order chi connectivity index (χ1) is 20.8. The number of nitrogens with one attached hydrogen (secondary N) is 1. The molecule has 0 atom stereocenters. The quantitative estimate of drug-likeness (QED) is 0.199. The number of hydrogen-bond donors (Lipinski definition) is 1. The molecule has 0 unspecified atom stereocenters. The number of ether oxygens (including phenoxy) is 1. The van der Waals surface area contributed by atoms with Gasteiger partial charge in [-0.25, -0.2) is 16.8 Å². The van der Waals surface area contributed by atoms with Crippen LogP contribution in [0.5, 0.6) is 5.75 Å². The second kappa shape index (κ2) is 11.7. The van der Waals surface area contributed by atoms with Gasteiger partial charge in [0, 0.05) is 28.5 Å². The zero-order chi connectivity index (χ0) is 30.0. The van der Waals surface area contributed by atoms with E-state index in [1.807, 2.05) is 6.07 Å². The summed E-state index contributed by atoms with van der Waals surface area (Å²) < 4.78 is 49.3. The summed E-state index contributed by atoms with van der Waals surface area (Å²) in [5.41, 5.74) is 2.12. The molecule has 12 heteroatoms. The minimum Gasteiger partial charge on any atom is -0.497 e. The second-order valence-corrected chi connectivity index (χ2v) is 12.1. The largest absolute Gasteiger partial charge is 0.497 e. The Kier molecular flexibility index (Phi) is 7.70. The van der Waals surface area contributed by atoms with Crippen molar-refractivity contribution in [2.45, 2.75) is 10.1 Å². The van der Waals surface area contributed by atoms with Gasteiger partial charge in [-0.2, -0.15) is 0 Å². The third kappa shape index (κ3) is 5.62. The highest BCUT2D eigenvalue weighted by atomic mass is 32.2. The molecule has 0 fully saturated rings. The van der Waals surface area contributed by atoms with Gasteiger partial charge in [0.05, 0.1) is 23.3 Å². The van der Waals surface area contributed by atoms with Crippen LogP contribution in [0.2, 0.25) is 0 Å². The smallest absolute Gasteiger partial charge is 0.268 e. The molecule has 6 aromatic rings. The van der Waals surface area contributed by atoms with Crippen LogP contribution >= 0.6 is 11.8 Å². The predicted octanol–water partition coefficient (Wildman–Crippen LogP) is 6.00. The van der Waals surface area contributed by atoms with Crippen LogP contribution in [-0.4, -0.2) is 45.9 Å². The minimum atomic E-state index is -3.94. The summed E-state index contributed by atoms with van der Waals surface area (Å²) >= 11 is 1.15. The summed E-state index contributed by atoms with van der Waals surface area (Å²) in [6.45, 7) is 0. The summed E-state index contributed by atoms with van der Waals surface area (Å²) in [5, 5.41) is 12.6. The molecule has 0 saturated heterocycles. The average Bonchev–Trinajstić information content (AvgIpc) is 3.63. The van der Waals surface area contributed by atoms with Crippen molar-refractivity contribution in [2.24, 2.45) is 0 Å². The molecule has 0 radical (unpaired) electrons. The number of halogens is 1. The Labute approximate surface area is 251 Å². The fourth-order valence-electron chi connectivity index (χ4n) is 4.60. The Morgan fingerprint density at radius 1 is 0.907 bits per heavy atom. The maximum absolute atomic E-state index is 13.9. The average molecular weight is 614 g/mol. The molecule has 1 N–H and O–H groups in total. The summed E-state index contributed by atoms with van der Waals surface area (Å²) in [4.78, 5) is 12.9. The van der Waals surface area contributed by atoms with E-state index in [9.17, 15) is 17.6 Å². The van der Waals surface area contributed by atoms with E-state index in [0.29, 0.717) is 44.6 Å². The fourth-order valence-corrected chi connectivity index (χ4v) is 6.74. The van der Waals surface area contributed by atoms with E-state index in [1.54, 1.807) is 84.5 Å². The van der Waals surface area contributed by atoms with Crippen molar-refractivity contribution in [3.63, 3.8) is 0 Å². The Balaban J connectivity index is 1.40. The highest BCUT2D eigenvalue weighted by Crippen LogP contribution is 2.35. The Morgan fingerprint density at radius 3 is 2.33 bits per heavy atom. The fraction of sp³-hybridized carbons (Fsp3) is 0.0645. The van der Waals surface area contributed by atoms with Gasteiger partial charge in [-0.15, -0.1) is 10.2 Å². The second-order valence-electron chi connectivity index (χ2n) is 9.36. The number of methoxy groups -OCH3 is 1. The SMILES string of the molecule is COc1ccc(NC(=O)CSc2nnc(-c3cn(S(=O)(=O)c4ccccc4)c4ccccc34)n2-c2ccc(F)cc2)cc1. The van der Waals surface area contributed by atoms with Gasteiger partial charge in [-0.3, -0.25) is 9.36 Å². The lowest BCUT2D eigenvalue weighted by atomic mass is 10.1. The number of aromatic nitrogens is 4. The van der Waals surface area contributed by atoms with Gasteiger partial charge in [0.2, 0.25) is 5.91 Å². The lowest BCUT2D eigenvalue weighted by Gasteiger charge is -2.10. The number of benzene rings is 4. The van der Waals surface area contributed by atoms with Crippen molar-refractivity contribution in [3.8, 4) is 22.8 Å². The first kappa shape index (κ1) is 28.2. The molecule has 0 aliphatic heterocycles. The third-order valence-electron chi connectivity index (χ3n) is 6.64. The molecule has 0 bridgehead atoms. The molecule has 9 nitrogen and oxygen atoms in total. The van der Waals surface area contributed by atoms with Crippen molar-refractivity contribution in [3.05, 3.63) is 115 Å². The lowest BCUT2D eigenvalue weighted by molar-refractivity contribution is -0.113. The zero-order valence-corrected chi connectivity index (χ0v) is 24.3. The molecular formula is C31H24FN5O4S2. The Bertz CT molecular complexity index is 2030. The topological polar surface area (TPSA) is 108 Å². The summed E-state index contributed by atoms with van der Waals surface area (Å²) in [6.07, 6.45) is 1.52. The van der Waals surface area contributed by atoms with Gasteiger partial charge in [0.1, 0.15) is 11.6 Å². The summed E-state index contributed by atoms with van der Waals surface area (Å²) in [7, 11) is -2.38. The van der Waals surface area contributed by atoms with E-state index in [0.717, 1.165) is 11.8 Å². The summed E-state index contributed by atoms with van der Waals surface area (Å²) in [5.74, 6) is 0.330. The van der Waals surface area contributed by atoms with Gasteiger partial charge in [0.15, 0.2) is 11.0 Å². The van der Waals surface area contributed by atoms with E-state index >= 15 is 0 Å². The van der Waals surface area contributed by atoms with Crippen LogP contribution in [0.15, 0.2) is 119 Å². The maximum Gasteiger partial charge on any atom is 0.268 e. The number of amides is 1. The van der Waals surface area contributed by atoms with Gasteiger partial charge in [-0.05, 0) is 66.7 Å². The Morgan fingerprint density at radius 2 is 1.60 bits per heavy atom. The molecule has 1 amide bonds. The number of carbonyl (C=O) groups is 1. The zero-order valence-electron chi connectivity index (χ0n) is 22.7. The van der Waals surface area contributed by atoms with E-state index in [-0.39, 0.29) is 16.6 Å². The van der Waals surface area contributed by atoms with Gasteiger partial charge >= 0.3 is 0 Å². The van der Waals surface area contributed by atoms with Crippen molar-refractivity contribution >= 4 is 44.3 Å². The lowest BCUT2D eigenvalue weighted by Crippen LogP contribution is -2.14. The molecule has 43 heavy (non-hydrogen) atoms. The molecule has 216 valence electrons.